The fourth-order valence-corrected chi connectivity index (χ4v) is 5.06. The van der Waals surface area contributed by atoms with Gasteiger partial charge in [-0.3, -0.25) is 14.5 Å². The second-order valence-electron chi connectivity index (χ2n) is 7.62. The van der Waals surface area contributed by atoms with Gasteiger partial charge in [-0.25, -0.2) is 0 Å². The normalized spacial score (nSPS) is 18.2. The van der Waals surface area contributed by atoms with Crippen molar-refractivity contribution in [2.24, 2.45) is 0 Å². The number of carbonyl (C=O) groups is 2. The van der Waals surface area contributed by atoms with Gasteiger partial charge in [0.05, 0.1) is 21.3 Å². The number of anilines is 2. The maximum atomic E-state index is 13.0. The highest BCUT2D eigenvalue weighted by atomic mass is 32.1. The van der Waals surface area contributed by atoms with Gasteiger partial charge in [0.2, 0.25) is 27.8 Å². The van der Waals surface area contributed by atoms with Crippen LogP contribution in [-0.4, -0.2) is 62.5 Å². The van der Waals surface area contributed by atoms with E-state index in [0.717, 1.165) is 31.4 Å². The van der Waals surface area contributed by atoms with Crippen molar-refractivity contribution >= 4 is 33.4 Å². The van der Waals surface area contributed by atoms with Gasteiger partial charge in [0.15, 0.2) is 11.5 Å². The molecule has 1 N–H and O–H groups in total. The van der Waals surface area contributed by atoms with Crippen molar-refractivity contribution < 1.29 is 23.8 Å². The molecule has 0 bridgehead atoms. The lowest BCUT2D eigenvalue weighted by molar-refractivity contribution is -0.122. The third-order valence-electron chi connectivity index (χ3n) is 5.70. The quantitative estimate of drug-likeness (QED) is 0.636. The number of hydrogen-bond acceptors (Lipinski definition) is 9. The third-order valence-corrected chi connectivity index (χ3v) is 6.68. The predicted octanol–water partition coefficient (Wildman–Crippen LogP) is 1.98. The van der Waals surface area contributed by atoms with Crippen LogP contribution in [0.25, 0.3) is 0 Å². The Kier molecular flexibility index (Phi) is 6.63. The molecule has 2 aromatic rings. The Morgan fingerprint density at radius 2 is 1.81 bits per heavy atom. The lowest BCUT2D eigenvalue weighted by Gasteiger charge is -2.23. The van der Waals surface area contributed by atoms with Crippen LogP contribution >= 0.6 is 11.3 Å². The number of benzene rings is 1. The van der Waals surface area contributed by atoms with Crippen LogP contribution < -0.4 is 29.3 Å². The molecule has 0 spiro atoms. The number of methoxy groups -OCH3 is 3. The molecule has 4 rings (SSSR count). The Bertz CT molecular complexity index is 972. The van der Waals surface area contributed by atoms with Crippen molar-refractivity contribution in [3.05, 3.63) is 17.7 Å². The number of amides is 2. The van der Waals surface area contributed by atoms with E-state index in [9.17, 15) is 9.59 Å². The number of hydrogen-bond donors (Lipinski definition) is 1. The van der Waals surface area contributed by atoms with E-state index in [2.05, 4.69) is 15.5 Å². The smallest absolute Gasteiger partial charge is 0.243 e. The fraction of sp³-hybridized carbons (Fsp3) is 0.524. The minimum atomic E-state index is -0.327. The van der Waals surface area contributed by atoms with Crippen LogP contribution in [0.3, 0.4) is 0 Å². The second kappa shape index (κ2) is 9.60. The maximum Gasteiger partial charge on any atom is 0.243 e. The number of ether oxygens (including phenoxy) is 3. The summed E-state index contributed by atoms with van der Waals surface area (Å²) in [4.78, 5) is 28.6. The highest BCUT2D eigenvalue weighted by Crippen LogP contribution is 2.38. The number of carbonyl (C=O) groups excluding carboxylic acids is 2. The molecule has 10 nitrogen and oxygen atoms in total. The minimum absolute atomic E-state index is 0.0776. The first-order chi connectivity index (χ1) is 15.5. The molecule has 2 fully saturated rings. The summed E-state index contributed by atoms with van der Waals surface area (Å²) in [5.41, 5.74) is 0.836. The van der Waals surface area contributed by atoms with Crippen molar-refractivity contribution in [2.75, 3.05) is 44.2 Å². The number of nitrogens with one attached hydrogen (secondary N) is 1. The lowest BCUT2D eigenvalue weighted by atomic mass is 10.1. The highest BCUT2D eigenvalue weighted by Gasteiger charge is 2.34. The molecule has 2 aliphatic heterocycles. The van der Waals surface area contributed by atoms with E-state index < -0.39 is 0 Å². The third kappa shape index (κ3) is 4.29. The summed E-state index contributed by atoms with van der Waals surface area (Å²) in [6, 6.07) is 3.31. The topological polar surface area (TPSA) is 106 Å². The zero-order chi connectivity index (χ0) is 22.7. The van der Waals surface area contributed by atoms with E-state index in [0.29, 0.717) is 47.0 Å². The molecular weight excluding hydrogens is 434 g/mol. The number of nitrogens with zero attached hydrogens (tertiary/aromatic N) is 4. The Morgan fingerprint density at radius 1 is 1.09 bits per heavy atom. The Morgan fingerprint density at radius 3 is 2.44 bits per heavy atom. The summed E-state index contributed by atoms with van der Waals surface area (Å²) >= 11 is 1.36. The average Bonchev–Trinajstić information content (AvgIpc) is 3.56. The van der Waals surface area contributed by atoms with Crippen LogP contribution in [0.5, 0.6) is 17.2 Å². The molecule has 0 saturated carbocycles. The van der Waals surface area contributed by atoms with E-state index in [1.54, 1.807) is 26.2 Å². The molecular formula is C21H27N5O5S. The lowest BCUT2D eigenvalue weighted by Crippen LogP contribution is -2.43. The fourth-order valence-electron chi connectivity index (χ4n) is 4.10. The van der Waals surface area contributed by atoms with Crippen LogP contribution in [0.15, 0.2) is 12.1 Å². The summed E-state index contributed by atoms with van der Waals surface area (Å²) in [5.74, 6) is 1.59. The first-order valence-electron chi connectivity index (χ1n) is 10.5. The van der Waals surface area contributed by atoms with Gasteiger partial charge in [0.25, 0.3) is 0 Å². The van der Waals surface area contributed by atoms with E-state index in [1.165, 1.54) is 11.3 Å². The van der Waals surface area contributed by atoms with Gasteiger partial charge in [-0.05, 0) is 37.0 Å². The molecule has 172 valence electrons. The summed E-state index contributed by atoms with van der Waals surface area (Å²) in [6.07, 6.45) is 3.01. The maximum absolute atomic E-state index is 13.0. The molecule has 1 aromatic heterocycles. The molecule has 32 heavy (non-hydrogen) atoms. The Labute approximate surface area is 190 Å². The molecule has 2 aliphatic rings. The number of rotatable bonds is 8. The van der Waals surface area contributed by atoms with Crippen molar-refractivity contribution in [3.8, 4) is 17.2 Å². The summed E-state index contributed by atoms with van der Waals surface area (Å²) in [6.45, 7) is 1.72. The largest absolute Gasteiger partial charge is 0.493 e. The second-order valence-corrected chi connectivity index (χ2v) is 8.55. The van der Waals surface area contributed by atoms with Crippen molar-refractivity contribution in [3.63, 3.8) is 0 Å². The first-order valence-corrected chi connectivity index (χ1v) is 11.3. The van der Waals surface area contributed by atoms with Crippen LogP contribution in [0.4, 0.5) is 10.3 Å². The van der Waals surface area contributed by atoms with Crippen molar-refractivity contribution in [1.29, 1.82) is 0 Å². The van der Waals surface area contributed by atoms with E-state index in [1.807, 2.05) is 17.0 Å². The first kappa shape index (κ1) is 22.1. The zero-order valence-corrected chi connectivity index (χ0v) is 19.2. The van der Waals surface area contributed by atoms with Gasteiger partial charge >= 0.3 is 0 Å². The molecule has 0 aliphatic carbocycles. The molecule has 2 amide bonds. The van der Waals surface area contributed by atoms with E-state index in [4.69, 9.17) is 14.2 Å². The summed E-state index contributed by atoms with van der Waals surface area (Å²) in [7, 11) is 4.67. The SMILES string of the molecule is COc1cc(CNC(=O)[C@H]2CCCN2c2nnc(N3CCCC3=O)s2)cc(OC)c1OC. The van der Waals surface area contributed by atoms with Gasteiger partial charge in [-0.15, -0.1) is 10.2 Å². The summed E-state index contributed by atoms with van der Waals surface area (Å²) < 4.78 is 16.1. The van der Waals surface area contributed by atoms with Crippen LogP contribution in [0, 0.1) is 0 Å². The highest BCUT2D eigenvalue weighted by molar-refractivity contribution is 7.19. The molecule has 1 atom stereocenters. The molecule has 3 heterocycles. The van der Waals surface area contributed by atoms with Gasteiger partial charge in [-0.2, -0.15) is 0 Å². The summed E-state index contributed by atoms with van der Waals surface area (Å²) in [5, 5.41) is 12.7. The van der Waals surface area contributed by atoms with Gasteiger partial charge in [0.1, 0.15) is 6.04 Å². The van der Waals surface area contributed by atoms with Crippen molar-refractivity contribution in [1.82, 2.24) is 15.5 Å². The van der Waals surface area contributed by atoms with Crippen LogP contribution in [0.2, 0.25) is 0 Å². The van der Waals surface area contributed by atoms with Gasteiger partial charge < -0.3 is 24.4 Å². The van der Waals surface area contributed by atoms with E-state index >= 15 is 0 Å². The standard InChI is InChI=1S/C21H27N5O5S/c1-29-15-10-13(11-16(30-2)18(15)31-3)12-22-19(28)14-6-4-8-25(14)20-23-24-21(32-20)26-9-5-7-17(26)27/h10-11,14H,4-9,12H2,1-3H3,(H,22,28)/t14-/m1/s1. The molecule has 2 saturated heterocycles. The molecule has 1 aromatic carbocycles. The average molecular weight is 462 g/mol. The Balaban J connectivity index is 1.43. The molecule has 0 unspecified atom stereocenters. The zero-order valence-electron chi connectivity index (χ0n) is 18.4. The Hall–Kier alpha value is -3.08. The van der Waals surface area contributed by atoms with Crippen LogP contribution in [0.1, 0.15) is 31.2 Å². The van der Waals surface area contributed by atoms with Gasteiger partial charge in [-0.1, -0.05) is 11.3 Å². The molecule has 0 radical (unpaired) electrons. The predicted molar refractivity (Wildman–Crippen MR) is 120 cm³/mol. The van der Waals surface area contributed by atoms with E-state index in [-0.39, 0.29) is 17.9 Å². The molecule has 11 heteroatoms. The van der Waals surface area contributed by atoms with Crippen molar-refractivity contribution in [2.45, 2.75) is 38.3 Å². The minimum Gasteiger partial charge on any atom is -0.493 e. The monoisotopic (exact) mass is 461 g/mol. The van der Waals surface area contributed by atoms with Gasteiger partial charge in [0, 0.05) is 26.1 Å². The van der Waals surface area contributed by atoms with Crippen LogP contribution in [-0.2, 0) is 16.1 Å². The number of aromatic nitrogens is 2.